The number of morpholine rings is 1. The van der Waals surface area contributed by atoms with E-state index < -0.39 is 11.7 Å². The van der Waals surface area contributed by atoms with E-state index in [-0.39, 0.29) is 17.7 Å². The number of H-pyrrole nitrogens is 1. The molecule has 1 amide bonds. The Morgan fingerprint density at radius 3 is 2.75 bits per heavy atom. The number of fused-ring (bicyclic) bond motifs is 1. The van der Waals surface area contributed by atoms with E-state index in [1.807, 2.05) is 6.07 Å². The van der Waals surface area contributed by atoms with Crippen LogP contribution in [0.5, 0.6) is 0 Å². The molecule has 0 aliphatic carbocycles. The quantitative estimate of drug-likeness (QED) is 0.531. The van der Waals surface area contributed by atoms with Gasteiger partial charge in [-0.05, 0) is 18.1 Å². The number of aryl methyl sites for hydroxylation is 1. The highest BCUT2D eigenvalue weighted by Crippen LogP contribution is 2.34. The van der Waals surface area contributed by atoms with Crippen molar-refractivity contribution in [2.75, 3.05) is 44.0 Å². The van der Waals surface area contributed by atoms with Gasteiger partial charge in [-0.3, -0.25) is 9.89 Å². The average molecular weight is 449 g/mol. The number of carbonyl (C=O) groups is 1. The summed E-state index contributed by atoms with van der Waals surface area (Å²) < 4.78 is 44.5. The molecule has 32 heavy (non-hydrogen) atoms. The standard InChI is InChI=1S/C20H22F3N7O2/c1-24-18-14(20(21,22)23)11-25-19(28-18)27-15-4-2-12(17-13(15)10-26-29-17)3-5-16(31)30-6-8-32-9-7-30/h2,4,10-11H,3,5-9H2,1H3,(H,26,29)(H2,24,25,27,28). The minimum absolute atomic E-state index is 0.0140. The molecule has 0 radical (unpaired) electrons. The number of alkyl halides is 3. The van der Waals surface area contributed by atoms with Crippen LogP contribution in [0.25, 0.3) is 10.9 Å². The number of nitrogens with zero attached hydrogens (tertiary/aromatic N) is 4. The van der Waals surface area contributed by atoms with E-state index in [9.17, 15) is 18.0 Å². The van der Waals surface area contributed by atoms with Gasteiger partial charge in [0.2, 0.25) is 11.9 Å². The zero-order valence-corrected chi connectivity index (χ0v) is 17.3. The predicted octanol–water partition coefficient (Wildman–Crippen LogP) is 2.95. The smallest absolute Gasteiger partial charge is 0.378 e. The van der Waals surface area contributed by atoms with E-state index in [4.69, 9.17) is 4.74 Å². The number of rotatable bonds is 6. The maximum Gasteiger partial charge on any atom is 0.421 e. The molecule has 0 bridgehead atoms. The molecular formula is C20H22F3N7O2. The molecule has 3 heterocycles. The lowest BCUT2D eigenvalue weighted by atomic mass is 10.0. The molecule has 9 nitrogen and oxygen atoms in total. The first-order valence-corrected chi connectivity index (χ1v) is 10.1. The molecule has 3 aromatic rings. The Balaban J connectivity index is 1.52. The molecule has 4 rings (SSSR count). The van der Waals surface area contributed by atoms with Gasteiger partial charge in [0, 0.05) is 38.1 Å². The summed E-state index contributed by atoms with van der Waals surface area (Å²) in [6, 6.07) is 3.62. The van der Waals surface area contributed by atoms with E-state index in [1.54, 1.807) is 17.2 Å². The van der Waals surface area contributed by atoms with Crippen molar-refractivity contribution >= 4 is 34.3 Å². The van der Waals surface area contributed by atoms with Crippen LogP contribution in [0.2, 0.25) is 0 Å². The van der Waals surface area contributed by atoms with Gasteiger partial charge in [0.15, 0.2) is 0 Å². The number of aromatic nitrogens is 4. The maximum absolute atomic E-state index is 13.1. The van der Waals surface area contributed by atoms with Crippen LogP contribution in [0.4, 0.5) is 30.6 Å². The number of hydrogen-bond donors (Lipinski definition) is 3. The second kappa shape index (κ2) is 8.99. The molecule has 0 unspecified atom stereocenters. The first-order valence-electron chi connectivity index (χ1n) is 10.1. The van der Waals surface area contributed by atoms with Crippen molar-refractivity contribution in [3.8, 4) is 0 Å². The molecule has 1 saturated heterocycles. The third-order valence-corrected chi connectivity index (χ3v) is 5.25. The van der Waals surface area contributed by atoms with Gasteiger partial charge >= 0.3 is 6.18 Å². The lowest BCUT2D eigenvalue weighted by molar-refractivity contribution is -0.137. The van der Waals surface area contributed by atoms with Crippen molar-refractivity contribution in [2.24, 2.45) is 0 Å². The monoisotopic (exact) mass is 449 g/mol. The van der Waals surface area contributed by atoms with Crippen molar-refractivity contribution in [1.29, 1.82) is 0 Å². The van der Waals surface area contributed by atoms with Crippen LogP contribution in [0.1, 0.15) is 17.5 Å². The lowest BCUT2D eigenvalue weighted by Crippen LogP contribution is -2.40. The van der Waals surface area contributed by atoms with Crippen molar-refractivity contribution in [2.45, 2.75) is 19.0 Å². The number of halogens is 3. The van der Waals surface area contributed by atoms with Gasteiger partial charge in [0.1, 0.15) is 11.4 Å². The molecular weight excluding hydrogens is 427 g/mol. The highest BCUT2D eigenvalue weighted by atomic mass is 19.4. The molecule has 12 heteroatoms. The topological polar surface area (TPSA) is 108 Å². The third kappa shape index (κ3) is 4.59. The molecule has 1 aliphatic rings. The number of hydrogen-bond acceptors (Lipinski definition) is 7. The van der Waals surface area contributed by atoms with Gasteiger partial charge in [-0.2, -0.15) is 23.3 Å². The number of nitrogens with one attached hydrogen (secondary N) is 3. The maximum atomic E-state index is 13.1. The Kier molecular flexibility index (Phi) is 6.12. The van der Waals surface area contributed by atoms with Crippen LogP contribution in [0.15, 0.2) is 24.5 Å². The summed E-state index contributed by atoms with van der Waals surface area (Å²) in [7, 11) is 1.36. The molecule has 0 spiro atoms. The Morgan fingerprint density at radius 2 is 2.03 bits per heavy atom. The first-order chi connectivity index (χ1) is 15.4. The Labute approximate surface area is 181 Å². The highest BCUT2D eigenvalue weighted by molar-refractivity contribution is 5.94. The number of anilines is 3. The second-order valence-electron chi connectivity index (χ2n) is 7.25. The SMILES string of the molecule is CNc1nc(Nc2ccc(CCC(=O)N3CCOCC3)c3[nH]ncc23)ncc1C(F)(F)F. The minimum Gasteiger partial charge on any atom is -0.378 e. The van der Waals surface area contributed by atoms with Gasteiger partial charge in [0.05, 0.1) is 30.6 Å². The van der Waals surface area contributed by atoms with E-state index in [2.05, 4.69) is 30.8 Å². The van der Waals surface area contributed by atoms with Gasteiger partial charge in [-0.25, -0.2) is 4.98 Å². The van der Waals surface area contributed by atoms with Gasteiger partial charge < -0.3 is 20.3 Å². The third-order valence-electron chi connectivity index (χ3n) is 5.25. The fourth-order valence-electron chi connectivity index (χ4n) is 3.58. The average Bonchev–Trinajstić information content (AvgIpc) is 3.29. The molecule has 2 aromatic heterocycles. The number of aromatic amines is 1. The normalized spacial score (nSPS) is 14.6. The summed E-state index contributed by atoms with van der Waals surface area (Å²) >= 11 is 0. The lowest BCUT2D eigenvalue weighted by Gasteiger charge is -2.26. The predicted molar refractivity (Wildman–Crippen MR) is 112 cm³/mol. The van der Waals surface area contributed by atoms with E-state index in [0.29, 0.717) is 44.8 Å². The zero-order chi connectivity index (χ0) is 22.7. The summed E-state index contributed by atoms with van der Waals surface area (Å²) in [5, 5.41) is 13.1. The molecule has 170 valence electrons. The largest absolute Gasteiger partial charge is 0.421 e. The van der Waals surface area contributed by atoms with Crippen molar-refractivity contribution < 1.29 is 22.7 Å². The van der Waals surface area contributed by atoms with Crippen molar-refractivity contribution in [3.63, 3.8) is 0 Å². The number of carbonyl (C=O) groups excluding carboxylic acids is 1. The van der Waals surface area contributed by atoms with Crippen LogP contribution in [0, 0.1) is 0 Å². The molecule has 1 fully saturated rings. The molecule has 1 aromatic carbocycles. The summed E-state index contributed by atoms with van der Waals surface area (Å²) in [5.74, 6) is -0.238. The summed E-state index contributed by atoms with van der Waals surface area (Å²) in [5.41, 5.74) is 1.29. The van der Waals surface area contributed by atoms with Crippen molar-refractivity contribution in [1.82, 2.24) is 25.1 Å². The highest BCUT2D eigenvalue weighted by Gasteiger charge is 2.35. The van der Waals surface area contributed by atoms with Crippen LogP contribution in [-0.2, 0) is 22.1 Å². The van der Waals surface area contributed by atoms with Gasteiger partial charge in [-0.1, -0.05) is 6.07 Å². The fraction of sp³-hybridized carbons (Fsp3) is 0.400. The molecule has 0 saturated carbocycles. The van der Waals surface area contributed by atoms with Crippen molar-refractivity contribution in [3.05, 3.63) is 35.7 Å². The minimum atomic E-state index is -4.56. The van der Waals surface area contributed by atoms with Gasteiger partial charge in [0.25, 0.3) is 0 Å². The summed E-state index contributed by atoms with van der Waals surface area (Å²) in [4.78, 5) is 22.0. The molecule has 3 N–H and O–H groups in total. The van der Waals surface area contributed by atoms with E-state index >= 15 is 0 Å². The zero-order valence-electron chi connectivity index (χ0n) is 17.3. The summed E-state index contributed by atoms with van der Waals surface area (Å²) in [6.07, 6.45) is -1.34. The number of ether oxygens (including phenoxy) is 1. The first kappa shape index (κ1) is 21.8. The van der Waals surface area contributed by atoms with Crippen LogP contribution < -0.4 is 10.6 Å². The number of amides is 1. The van der Waals surface area contributed by atoms with E-state index in [0.717, 1.165) is 22.7 Å². The van der Waals surface area contributed by atoms with Crippen LogP contribution >= 0.6 is 0 Å². The number of benzene rings is 1. The van der Waals surface area contributed by atoms with Crippen LogP contribution in [-0.4, -0.2) is 64.3 Å². The van der Waals surface area contributed by atoms with Crippen LogP contribution in [0.3, 0.4) is 0 Å². The fourth-order valence-corrected chi connectivity index (χ4v) is 3.58. The summed E-state index contributed by atoms with van der Waals surface area (Å²) in [6.45, 7) is 2.31. The Bertz CT molecular complexity index is 1110. The Hall–Kier alpha value is -3.41. The second-order valence-corrected chi connectivity index (χ2v) is 7.25. The molecule has 1 aliphatic heterocycles. The van der Waals surface area contributed by atoms with Gasteiger partial charge in [-0.15, -0.1) is 0 Å². The Morgan fingerprint density at radius 1 is 1.25 bits per heavy atom. The van der Waals surface area contributed by atoms with E-state index in [1.165, 1.54) is 7.05 Å². The molecule has 0 atom stereocenters.